The molecule has 1 aliphatic rings. The Hall–Kier alpha value is -2.87. The minimum atomic E-state index is -0.513. The van der Waals surface area contributed by atoms with Gasteiger partial charge in [0.1, 0.15) is 5.82 Å². The van der Waals surface area contributed by atoms with Crippen molar-refractivity contribution in [3.8, 4) is 0 Å². The summed E-state index contributed by atoms with van der Waals surface area (Å²) in [5.41, 5.74) is 1.43. The maximum absolute atomic E-state index is 12.3. The number of aromatic nitrogens is 2. The third-order valence-corrected chi connectivity index (χ3v) is 4.46. The molecule has 3 rings (SSSR count). The van der Waals surface area contributed by atoms with Gasteiger partial charge in [0.2, 0.25) is 5.91 Å². The van der Waals surface area contributed by atoms with E-state index in [0.29, 0.717) is 11.5 Å². The van der Waals surface area contributed by atoms with Crippen LogP contribution in [0.15, 0.2) is 36.4 Å². The average molecular weight is 356 g/mol. The number of urea groups is 1. The molecule has 0 radical (unpaired) electrons. The first-order valence-electron chi connectivity index (χ1n) is 8.73. The molecule has 1 aromatic carbocycles. The lowest BCUT2D eigenvalue weighted by Crippen LogP contribution is -2.57. The van der Waals surface area contributed by atoms with Crippen molar-refractivity contribution >= 4 is 23.4 Å². The molecule has 1 aliphatic heterocycles. The van der Waals surface area contributed by atoms with Crippen molar-refractivity contribution < 1.29 is 9.59 Å². The molecule has 0 spiro atoms. The molecule has 1 aromatic heterocycles. The molecule has 3 atom stereocenters. The maximum Gasteiger partial charge on any atom is 0.324 e. The van der Waals surface area contributed by atoms with Crippen LogP contribution in [-0.2, 0) is 4.79 Å². The Bertz CT molecular complexity index is 788. The lowest BCUT2D eigenvalue weighted by molar-refractivity contribution is -0.130. The van der Waals surface area contributed by atoms with Gasteiger partial charge < -0.3 is 10.6 Å². The minimum absolute atomic E-state index is 0.00857. The number of anilines is 2. The summed E-state index contributed by atoms with van der Waals surface area (Å²) in [5.74, 6) is 0.396. The topological polar surface area (TPSA) is 100 Å². The molecule has 4 N–H and O–H groups in total. The van der Waals surface area contributed by atoms with Crippen molar-refractivity contribution in [3.05, 3.63) is 42.1 Å². The zero-order valence-corrected chi connectivity index (χ0v) is 15.1. The lowest BCUT2D eigenvalue weighted by atomic mass is 9.95. The van der Waals surface area contributed by atoms with Gasteiger partial charge in [-0.25, -0.2) is 9.48 Å². The number of hydrogen-bond acceptors (Lipinski definition) is 4. The summed E-state index contributed by atoms with van der Waals surface area (Å²) in [6.07, 6.45) is 0.246. The number of hydrogen-bond donors (Lipinski definition) is 4. The number of nitrogens with zero attached hydrogens (tertiary/aromatic N) is 2. The lowest BCUT2D eigenvalue weighted by Gasteiger charge is -2.35. The molecule has 2 heterocycles. The molecular formula is C18H24N6O2. The second-order valence-corrected chi connectivity index (χ2v) is 6.44. The minimum Gasteiger partial charge on any atom is -0.322 e. The fourth-order valence-corrected chi connectivity index (χ4v) is 3.15. The number of carbonyl (C=O) groups is 2. The van der Waals surface area contributed by atoms with Crippen molar-refractivity contribution in [1.82, 2.24) is 20.4 Å². The van der Waals surface area contributed by atoms with Crippen LogP contribution < -0.4 is 21.3 Å². The molecule has 0 bridgehead atoms. The van der Waals surface area contributed by atoms with E-state index in [-0.39, 0.29) is 23.9 Å². The Morgan fingerprint density at radius 3 is 2.65 bits per heavy atom. The van der Waals surface area contributed by atoms with Crippen molar-refractivity contribution in [1.29, 1.82) is 0 Å². The molecule has 3 unspecified atom stereocenters. The second kappa shape index (κ2) is 7.57. The van der Waals surface area contributed by atoms with Crippen molar-refractivity contribution in [2.45, 2.75) is 39.5 Å². The fourth-order valence-electron chi connectivity index (χ4n) is 3.15. The van der Waals surface area contributed by atoms with Crippen LogP contribution in [0.3, 0.4) is 0 Å². The van der Waals surface area contributed by atoms with E-state index < -0.39 is 6.29 Å². The summed E-state index contributed by atoms with van der Waals surface area (Å²) in [4.78, 5) is 24.6. The first kappa shape index (κ1) is 17.9. The summed E-state index contributed by atoms with van der Waals surface area (Å²) in [6.45, 7) is 5.80. The Labute approximate surface area is 152 Å². The molecule has 2 aromatic rings. The zero-order valence-electron chi connectivity index (χ0n) is 15.1. The van der Waals surface area contributed by atoms with E-state index in [1.807, 2.05) is 39.0 Å². The Kier molecular flexibility index (Phi) is 5.22. The summed E-state index contributed by atoms with van der Waals surface area (Å²) in [6, 6.07) is 10.6. The van der Waals surface area contributed by atoms with E-state index in [1.165, 1.54) is 0 Å². The van der Waals surface area contributed by atoms with Gasteiger partial charge in [0.15, 0.2) is 6.29 Å². The fraction of sp³-hybridized carbons (Fsp3) is 0.389. The van der Waals surface area contributed by atoms with Gasteiger partial charge >= 0.3 is 6.03 Å². The predicted molar refractivity (Wildman–Crippen MR) is 99.6 cm³/mol. The van der Waals surface area contributed by atoms with Crippen LogP contribution in [0.1, 0.15) is 32.3 Å². The van der Waals surface area contributed by atoms with E-state index in [9.17, 15) is 9.59 Å². The molecule has 26 heavy (non-hydrogen) atoms. The van der Waals surface area contributed by atoms with E-state index in [1.54, 1.807) is 22.9 Å². The van der Waals surface area contributed by atoms with Crippen molar-refractivity contribution in [2.24, 2.45) is 5.92 Å². The van der Waals surface area contributed by atoms with Gasteiger partial charge in [0.05, 0.1) is 11.6 Å². The van der Waals surface area contributed by atoms with Crippen LogP contribution in [0.25, 0.3) is 0 Å². The summed E-state index contributed by atoms with van der Waals surface area (Å²) < 4.78 is 1.58. The highest BCUT2D eigenvalue weighted by molar-refractivity contribution is 5.99. The largest absolute Gasteiger partial charge is 0.324 e. The number of benzene rings is 1. The standard InChI is InChI=1S/C18H24N6O2/c1-4-14-12(3)19-17(22-16(14)25)24-15(10-11(2)23-24)21-18(26)20-13-8-6-5-7-9-13/h5-10,12,14,17,19H,4H2,1-3H3,(H,22,25)(H2,20,21,26). The smallest absolute Gasteiger partial charge is 0.322 e. The highest BCUT2D eigenvalue weighted by Crippen LogP contribution is 2.21. The van der Waals surface area contributed by atoms with Gasteiger partial charge in [0.25, 0.3) is 0 Å². The summed E-state index contributed by atoms with van der Waals surface area (Å²) in [5, 5.41) is 16.2. The number of amides is 3. The van der Waals surface area contributed by atoms with E-state index in [4.69, 9.17) is 0 Å². The first-order valence-corrected chi connectivity index (χ1v) is 8.73. The highest BCUT2D eigenvalue weighted by Gasteiger charge is 2.34. The zero-order chi connectivity index (χ0) is 18.7. The normalized spacial score (nSPS) is 22.6. The molecule has 1 fully saturated rings. The van der Waals surface area contributed by atoms with E-state index >= 15 is 0 Å². The molecule has 8 heteroatoms. The monoisotopic (exact) mass is 356 g/mol. The number of para-hydroxylation sites is 1. The van der Waals surface area contributed by atoms with Gasteiger partial charge in [-0.3, -0.25) is 15.4 Å². The molecule has 3 amide bonds. The summed E-state index contributed by atoms with van der Waals surface area (Å²) in [7, 11) is 0. The molecular weight excluding hydrogens is 332 g/mol. The van der Waals surface area contributed by atoms with Gasteiger partial charge in [-0.15, -0.1) is 0 Å². The van der Waals surface area contributed by atoms with Crippen LogP contribution in [0.2, 0.25) is 0 Å². The van der Waals surface area contributed by atoms with Gasteiger partial charge in [0, 0.05) is 17.8 Å². The highest BCUT2D eigenvalue weighted by atomic mass is 16.2. The van der Waals surface area contributed by atoms with E-state index in [0.717, 1.165) is 12.1 Å². The SMILES string of the molecule is CCC1C(=O)NC(n2nc(C)cc2NC(=O)Nc2ccccc2)NC1C. The molecule has 8 nitrogen and oxygen atoms in total. The van der Waals surface area contributed by atoms with Crippen LogP contribution in [-0.4, -0.2) is 27.8 Å². The molecule has 0 aliphatic carbocycles. The van der Waals surface area contributed by atoms with Crippen LogP contribution >= 0.6 is 0 Å². The summed E-state index contributed by atoms with van der Waals surface area (Å²) >= 11 is 0. The number of nitrogens with one attached hydrogen (secondary N) is 4. The van der Waals surface area contributed by atoms with Gasteiger partial charge in [-0.05, 0) is 32.4 Å². The Morgan fingerprint density at radius 1 is 1.27 bits per heavy atom. The van der Waals surface area contributed by atoms with Crippen LogP contribution in [0.5, 0.6) is 0 Å². The molecule has 138 valence electrons. The number of aryl methyl sites for hydroxylation is 1. The average Bonchev–Trinajstić information content (AvgIpc) is 2.95. The molecule has 0 saturated carbocycles. The molecule has 1 saturated heterocycles. The van der Waals surface area contributed by atoms with Gasteiger partial charge in [-0.2, -0.15) is 5.10 Å². The second-order valence-electron chi connectivity index (χ2n) is 6.44. The number of carbonyl (C=O) groups excluding carboxylic acids is 2. The van der Waals surface area contributed by atoms with Crippen molar-refractivity contribution in [2.75, 3.05) is 10.6 Å². The number of rotatable bonds is 4. The van der Waals surface area contributed by atoms with Gasteiger partial charge in [-0.1, -0.05) is 25.1 Å². The van der Waals surface area contributed by atoms with Crippen LogP contribution in [0, 0.1) is 12.8 Å². The third-order valence-electron chi connectivity index (χ3n) is 4.46. The Morgan fingerprint density at radius 2 is 2.00 bits per heavy atom. The quantitative estimate of drug-likeness (QED) is 0.676. The first-order chi connectivity index (χ1) is 12.5. The van der Waals surface area contributed by atoms with E-state index in [2.05, 4.69) is 26.4 Å². The predicted octanol–water partition coefficient (Wildman–Crippen LogP) is 2.43. The maximum atomic E-state index is 12.3. The Balaban J connectivity index is 1.74. The third kappa shape index (κ3) is 3.85. The van der Waals surface area contributed by atoms with Crippen LogP contribution in [0.4, 0.5) is 16.3 Å². The van der Waals surface area contributed by atoms with Crippen molar-refractivity contribution in [3.63, 3.8) is 0 Å².